The molecule has 0 aliphatic carbocycles. The third kappa shape index (κ3) is 4.34. The molecule has 0 unspecified atom stereocenters. The number of hydrogen-bond donors (Lipinski definition) is 1. The summed E-state index contributed by atoms with van der Waals surface area (Å²) in [4.78, 5) is 19.8. The van der Waals surface area contributed by atoms with Crippen LogP contribution in [-0.2, 0) is 22.5 Å². The Labute approximate surface area is 121 Å². The molecule has 0 aliphatic heterocycles. The van der Waals surface area contributed by atoms with Gasteiger partial charge in [0.05, 0.1) is 31.5 Å². The van der Waals surface area contributed by atoms with Crippen LogP contribution in [-0.4, -0.2) is 22.5 Å². The first-order valence-electron chi connectivity index (χ1n) is 6.42. The van der Waals surface area contributed by atoms with Gasteiger partial charge in [-0.25, -0.2) is 9.97 Å². The first-order valence-corrected chi connectivity index (χ1v) is 7.30. The monoisotopic (exact) mass is 295 g/mol. The molecule has 2 rings (SSSR count). The van der Waals surface area contributed by atoms with E-state index in [0.717, 1.165) is 16.6 Å². The molecule has 2 aromatic rings. The number of hydrogen-bond acceptors (Lipinski definition) is 7. The van der Waals surface area contributed by atoms with Crippen molar-refractivity contribution in [3.8, 4) is 0 Å². The Kier molecular flexibility index (Phi) is 5.11. The van der Waals surface area contributed by atoms with Gasteiger partial charge in [-0.2, -0.15) is 0 Å². The van der Waals surface area contributed by atoms with E-state index in [1.165, 1.54) is 11.3 Å². The average Bonchev–Trinajstić information content (AvgIpc) is 3.03. The van der Waals surface area contributed by atoms with Gasteiger partial charge < -0.3 is 14.5 Å². The minimum absolute atomic E-state index is 0.190. The number of carbonyl (C=O) groups excluding carboxylic acids is 1. The van der Waals surface area contributed by atoms with Crippen molar-refractivity contribution in [2.45, 2.75) is 33.2 Å². The van der Waals surface area contributed by atoms with Crippen molar-refractivity contribution in [3.63, 3.8) is 0 Å². The van der Waals surface area contributed by atoms with Crippen molar-refractivity contribution in [2.75, 3.05) is 11.9 Å². The lowest BCUT2D eigenvalue weighted by Gasteiger charge is -1.99. The zero-order valence-electron chi connectivity index (χ0n) is 11.5. The molecule has 0 amide bonds. The fraction of sp³-hybridized carbons (Fsp3) is 0.462. The zero-order chi connectivity index (χ0) is 14.4. The number of esters is 1. The quantitative estimate of drug-likeness (QED) is 0.791. The Morgan fingerprint density at radius 2 is 2.40 bits per heavy atom. The van der Waals surface area contributed by atoms with Gasteiger partial charge in [0.1, 0.15) is 5.76 Å². The van der Waals surface area contributed by atoms with Crippen molar-refractivity contribution >= 4 is 22.4 Å². The van der Waals surface area contributed by atoms with Crippen molar-refractivity contribution in [3.05, 3.63) is 28.9 Å². The molecule has 1 N–H and O–H groups in total. The number of rotatable bonds is 7. The summed E-state index contributed by atoms with van der Waals surface area (Å²) >= 11 is 1.50. The van der Waals surface area contributed by atoms with Crippen molar-refractivity contribution in [1.29, 1.82) is 0 Å². The van der Waals surface area contributed by atoms with Gasteiger partial charge in [0.25, 0.3) is 0 Å². The van der Waals surface area contributed by atoms with E-state index >= 15 is 0 Å². The van der Waals surface area contributed by atoms with Gasteiger partial charge in [-0.3, -0.25) is 4.79 Å². The number of nitrogens with one attached hydrogen (secondary N) is 1. The fourth-order valence-electron chi connectivity index (χ4n) is 1.60. The summed E-state index contributed by atoms with van der Waals surface area (Å²) in [5, 5.41) is 5.87. The first kappa shape index (κ1) is 14.5. The number of aromatic nitrogens is 2. The van der Waals surface area contributed by atoms with Crippen molar-refractivity contribution < 1.29 is 13.9 Å². The standard InChI is InChI=1S/C13H17N3O3S/c1-3-18-12(17)5-4-10-8-20-13(16-10)15-7-11-14-6-9(2)19-11/h6,8H,3-5,7H2,1-2H3,(H,15,16). The van der Waals surface area contributed by atoms with E-state index in [1.807, 2.05) is 12.3 Å². The van der Waals surface area contributed by atoms with Crippen LogP contribution in [0, 0.1) is 6.92 Å². The molecule has 0 atom stereocenters. The summed E-state index contributed by atoms with van der Waals surface area (Å²) < 4.78 is 10.2. The molecule has 0 radical (unpaired) electrons. The largest absolute Gasteiger partial charge is 0.466 e. The highest BCUT2D eigenvalue weighted by Crippen LogP contribution is 2.17. The van der Waals surface area contributed by atoms with Gasteiger partial charge in [0.15, 0.2) is 5.13 Å². The van der Waals surface area contributed by atoms with E-state index < -0.39 is 0 Å². The third-order valence-electron chi connectivity index (χ3n) is 2.50. The molecule has 6 nitrogen and oxygen atoms in total. The lowest BCUT2D eigenvalue weighted by atomic mass is 10.2. The van der Waals surface area contributed by atoms with E-state index in [2.05, 4.69) is 15.3 Å². The highest BCUT2D eigenvalue weighted by atomic mass is 32.1. The summed E-state index contributed by atoms with van der Waals surface area (Å²) in [5.74, 6) is 1.23. The minimum Gasteiger partial charge on any atom is -0.466 e. The molecule has 0 saturated heterocycles. The summed E-state index contributed by atoms with van der Waals surface area (Å²) in [7, 11) is 0. The highest BCUT2D eigenvalue weighted by molar-refractivity contribution is 7.13. The summed E-state index contributed by atoms with van der Waals surface area (Å²) in [6.07, 6.45) is 2.63. The van der Waals surface area contributed by atoms with Crippen molar-refractivity contribution in [2.24, 2.45) is 0 Å². The van der Waals surface area contributed by atoms with Crippen LogP contribution < -0.4 is 5.32 Å². The highest BCUT2D eigenvalue weighted by Gasteiger charge is 2.07. The maximum atomic E-state index is 11.3. The molecule has 0 aromatic carbocycles. The molecule has 2 aromatic heterocycles. The molecular formula is C13H17N3O3S. The SMILES string of the molecule is CCOC(=O)CCc1csc(NCc2ncc(C)o2)n1. The van der Waals surface area contributed by atoms with Gasteiger partial charge in [0, 0.05) is 11.8 Å². The molecule has 0 fully saturated rings. The number of oxazole rings is 1. The van der Waals surface area contributed by atoms with E-state index in [0.29, 0.717) is 31.9 Å². The van der Waals surface area contributed by atoms with Crippen LogP contribution in [0.5, 0.6) is 0 Å². The minimum atomic E-state index is -0.190. The van der Waals surface area contributed by atoms with Crippen LogP contribution in [0.15, 0.2) is 16.0 Å². The lowest BCUT2D eigenvalue weighted by Crippen LogP contribution is -2.05. The Bertz CT molecular complexity index is 565. The molecule has 108 valence electrons. The first-order chi connectivity index (χ1) is 9.67. The molecule has 0 bridgehead atoms. The van der Waals surface area contributed by atoms with Crippen LogP contribution in [0.2, 0.25) is 0 Å². The molecule has 0 aliphatic rings. The molecular weight excluding hydrogens is 278 g/mol. The van der Waals surface area contributed by atoms with Gasteiger partial charge in [-0.15, -0.1) is 11.3 Å². The van der Waals surface area contributed by atoms with Gasteiger partial charge >= 0.3 is 5.97 Å². The van der Waals surface area contributed by atoms with Crippen LogP contribution in [0.4, 0.5) is 5.13 Å². The lowest BCUT2D eigenvalue weighted by molar-refractivity contribution is -0.143. The van der Waals surface area contributed by atoms with Crippen LogP contribution in [0.25, 0.3) is 0 Å². The average molecular weight is 295 g/mol. The Balaban J connectivity index is 1.78. The zero-order valence-corrected chi connectivity index (χ0v) is 12.3. The number of aryl methyl sites for hydroxylation is 2. The van der Waals surface area contributed by atoms with E-state index in [1.54, 1.807) is 13.1 Å². The van der Waals surface area contributed by atoms with Gasteiger partial charge in [0.2, 0.25) is 5.89 Å². The molecule has 20 heavy (non-hydrogen) atoms. The van der Waals surface area contributed by atoms with E-state index in [9.17, 15) is 4.79 Å². The van der Waals surface area contributed by atoms with Crippen LogP contribution in [0.3, 0.4) is 0 Å². The van der Waals surface area contributed by atoms with Gasteiger partial charge in [-0.1, -0.05) is 0 Å². The summed E-state index contributed by atoms with van der Waals surface area (Å²) in [6.45, 7) is 4.57. The number of anilines is 1. The Morgan fingerprint density at radius 1 is 1.55 bits per heavy atom. The van der Waals surface area contributed by atoms with Crippen molar-refractivity contribution in [1.82, 2.24) is 9.97 Å². The second kappa shape index (κ2) is 7.04. The van der Waals surface area contributed by atoms with E-state index in [-0.39, 0.29) is 5.97 Å². The Morgan fingerprint density at radius 3 is 3.10 bits per heavy atom. The van der Waals surface area contributed by atoms with E-state index in [4.69, 9.17) is 9.15 Å². The maximum Gasteiger partial charge on any atom is 0.306 e. The topological polar surface area (TPSA) is 77.2 Å². The Hall–Kier alpha value is -1.89. The molecule has 7 heteroatoms. The normalized spacial score (nSPS) is 10.5. The fourth-order valence-corrected chi connectivity index (χ4v) is 2.34. The van der Waals surface area contributed by atoms with Crippen LogP contribution >= 0.6 is 11.3 Å². The number of nitrogens with zero attached hydrogens (tertiary/aromatic N) is 2. The number of ether oxygens (including phenoxy) is 1. The predicted octanol–water partition coefficient (Wildman–Crippen LogP) is 2.55. The molecule has 2 heterocycles. The molecule has 0 spiro atoms. The maximum absolute atomic E-state index is 11.3. The second-order valence-corrected chi connectivity index (χ2v) is 5.03. The number of thiazole rings is 1. The smallest absolute Gasteiger partial charge is 0.306 e. The predicted molar refractivity (Wildman–Crippen MR) is 75.6 cm³/mol. The summed E-state index contributed by atoms with van der Waals surface area (Å²) in [6, 6.07) is 0. The summed E-state index contributed by atoms with van der Waals surface area (Å²) in [5.41, 5.74) is 0.883. The third-order valence-corrected chi connectivity index (χ3v) is 3.35. The van der Waals surface area contributed by atoms with Gasteiger partial charge in [-0.05, 0) is 13.8 Å². The number of carbonyl (C=O) groups is 1. The van der Waals surface area contributed by atoms with Crippen LogP contribution in [0.1, 0.15) is 30.7 Å². The second-order valence-electron chi connectivity index (χ2n) is 4.17. The molecule has 0 saturated carbocycles.